The quantitative estimate of drug-likeness (QED) is 0.626. The second kappa shape index (κ2) is 4.64. The Morgan fingerprint density at radius 1 is 1.56 bits per heavy atom. The molecule has 0 atom stereocenters. The first-order chi connectivity index (χ1) is 4.16. The Labute approximate surface area is 61.4 Å². The fourth-order valence-corrected chi connectivity index (χ4v) is 0.774. The van der Waals surface area contributed by atoms with E-state index in [0.29, 0.717) is 11.8 Å². The molecule has 0 unspecified atom stereocenters. The molecule has 0 heterocycles. The summed E-state index contributed by atoms with van der Waals surface area (Å²) in [5, 5.41) is 7.74. The minimum absolute atomic E-state index is 0.127. The molecule has 0 amide bonds. The number of thioether (sulfide) groups is 1. The molecule has 0 radical (unpaired) electrons. The summed E-state index contributed by atoms with van der Waals surface area (Å²) in [5.74, 6) is -1.33. The summed E-state index contributed by atoms with van der Waals surface area (Å²) in [4.78, 5) is 20.1. The summed E-state index contributed by atoms with van der Waals surface area (Å²) in [5.41, 5.74) is 0. The zero-order chi connectivity index (χ0) is 7.28. The molecule has 0 fully saturated rings. The zero-order valence-corrected chi connectivity index (χ0v) is 6.04. The van der Waals surface area contributed by atoms with Crippen molar-refractivity contribution in [1.82, 2.24) is 0 Å². The molecule has 52 valence electrons. The number of carboxylic acids is 1. The second-order valence-corrected chi connectivity index (χ2v) is 2.49. The van der Waals surface area contributed by atoms with Crippen LogP contribution in [0.25, 0.3) is 0 Å². The second-order valence-electron chi connectivity index (χ2n) is 1.19. The van der Waals surface area contributed by atoms with Gasteiger partial charge < -0.3 is 5.11 Å². The van der Waals surface area contributed by atoms with Crippen molar-refractivity contribution in [1.29, 1.82) is 0 Å². The van der Waals surface area contributed by atoms with E-state index in [1.807, 2.05) is 0 Å². The van der Waals surface area contributed by atoms with Gasteiger partial charge in [0.1, 0.15) is 0 Å². The molecular formula is C4H5ClO3S. The Balaban J connectivity index is 3.28. The largest absolute Gasteiger partial charge is 0.481 e. The summed E-state index contributed by atoms with van der Waals surface area (Å²) < 4.78 is 0. The highest BCUT2D eigenvalue weighted by molar-refractivity contribution is 8.14. The molecule has 3 nitrogen and oxygen atoms in total. The average molecular weight is 169 g/mol. The maximum atomic E-state index is 10.3. The third-order valence-electron chi connectivity index (χ3n) is 0.466. The van der Waals surface area contributed by atoms with Crippen LogP contribution in [0.5, 0.6) is 0 Å². The van der Waals surface area contributed by atoms with Gasteiger partial charge in [-0.3, -0.25) is 9.59 Å². The molecule has 0 aromatic carbocycles. The lowest BCUT2D eigenvalue weighted by Crippen LogP contribution is -2.02. The van der Waals surface area contributed by atoms with Gasteiger partial charge in [-0.05, 0) is 0 Å². The van der Waals surface area contributed by atoms with Crippen molar-refractivity contribution in [2.45, 2.75) is 0 Å². The zero-order valence-electron chi connectivity index (χ0n) is 4.46. The maximum Gasteiger partial charge on any atom is 0.313 e. The predicted octanol–water partition coefficient (Wildman–Crippen LogP) is 0.570. The summed E-state index contributed by atoms with van der Waals surface area (Å²) in [6.45, 7) is 0. The molecule has 0 aliphatic rings. The van der Waals surface area contributed by atoms with Gasteiger partial charge in [-0.15, -0.1) is 11.6 Å². The number of carbonyl (C=O) groups is 2. The number of halogens is 1. The van der Waals surface area contributed by atoms with E-state index in [4.69, 9.17) is 16.7 Å². The topological polar surface area (TPSA) is 54.4 Å². The summed E-state index contributed by atoms with van der Waals surface area (Å²) in [7, 11) is 0. The van der Waals surface area contributed by atoms with Crippen molar-refractivity contribution >= 4 is 34.4 Å². The number of hydrogen-bond donors (Lipinski definition) is 1. The smallest absolute Gasteiger partial charge is 0.313 e. The van der Waals surface area contributed by atoms with Crippen molar-refractivity contribution < 1.29 is 14.7 Å². The molecule has 5 heteroatoms. The van der Waals surface area contributed by atoms with Gasteiger partial charge in [0.25, 0.3) is 0 Å². The lowest BCUT2D eigenvalue weighted by Gasteiger charge is -1.89. The average Bonchev–Trinajstić information content (AvgIpc) is 1.83. The van der Waals surface area contributed by atoms with E-state index < -0.39 is 5.97 Å². The number of hydrogen-bond acceptors (Lipinski definition) is 3. The molecule has 0 aliphatic carbocycles. The Morgan fingerprint density at radius 2 is 2.11 bits per heavy atom. The standard InChI is InChI=1S/C4H5ClO3S/c5-1-4(8)9-2-3(6)7/h1-2H2,(H,6,7). The van der Waals surface area contributed by atoms with E-state index in [9.17, 15) is 9.59 Å². The van der Waals surface area contributed by atoms with Gasteiger partial charge in [0.15, 0.2) is 0 Å². The first-order valence-electron chi connectivity index (χ1n) is 2.10. The Kier molecular flexibility index (Phi) is 4.53. The van der Waals surface area contributed by atoms with Crippen molar-refractivity contribution in [3.05, 3.63) is 0 Å². The Hall–Kier alpha value is -0.220. The van der Waals surface area contributed by atoms with Crippen LogP contribution in [0.2, 0.25) is 0 Å². The molecule has 0 saturated heterocycles. The van der Waals surface area contributed by atoms with Gasteiger partial charge >= 0.3 is 5.97 Å². The van der Waals surface area contributed by atoms with E-state index in [1.165, 1.54) is 0 Å². The van der Waals surface area contributed by atoms with E-state index >= 15 is 0 Å². The lowest BCUT2D eigenvalue weighted by molar-refractivity contribution is -0.134. The molecule has 0 spiro atoms. The number of carboxylic acid groups (broad SMARTS) is 1. The number of carbonyl (C=O) groups excluding carboxylic acids is 1. The van der Waals surface area contributed by atoms with Crippen molar-refractivity contribution in [2.24, 2.45) is 0 Å². The molecule has 9 heavy (non-hydrogen) atoms. The molecule has 0 aliphatic heterocycles. The van der Waals surface area contributed by atoms with Crippen LogP contribution in [-0.4, -0.2) is 27.8 Å². The number of alkyl halides is 1. The third kappa shape index (κ3) is 5.65. The maximum absolute atomic E-state index is 10.3. The molecule has 1 N–H and O–H groups in total. The highest BCUT2D eigenvalue weighted by Crippen LogP contribution is 2.01. The van der Waals surface area contributed by atoms with Crippen LogP contribution < -0.4 is 0 Å². The minimum Gasteiger partial charge on any atom is -0.481 e. The Morgan fingerprint density at radius 3 is 2.44 bits per heavy atom. The summed E-state index contributed by atoms with van der Waals surface area (Å²) in [6, 6.07) is 0. The van der Waals surface area contributed by atoms with Gasteiger partial charge in [-0.1, -0.05) is 11.8 Å². The monoisotopic (exact) mass is 168 g/mol. The molecule has 0 saturated carbocycles. The third-order valence-corrected chi connectivity index (χ3v) is 1.72. The SMILES string of the molecule is O=C(O)CSC(=O)CCl. The van der Waals surface area contributed by atoms with E-state index in [-0.39, 0.29) is 16.7 Å². The molecule has 0 rings (SSSR count). The first kappa shape index (κ1) is 8.78. The van der Waals surface area contributed by atoms with Crippen LogP contribution in [-0.2, 0) is 9.59 Å². The molecule has 0 bridgehead atoms. The van der Waals surface area contributed by atoms with E-state index in [0.717, 1.165) is 0 Å². The highest BCUT2D eigenvalue weighted by atomic mass is 35.5. The van der Waals surface area contributed by atoms with E-state index in [1.54, 1.807) is 0 Å². The van der Waals surface area contributed by atoms with Crippen molar-refractivity contribution in [3.63, 3.8) is 0 Å². The fraction of sp³-hybridized carbons (Fsp3) is 0.500. The minimum atomic E-state index is -1.00. The molecular weight excluding hydrogens is 164 g/mol. The summed E-state index contributed by atoms with van der Waals surface area (Å²) >= 11 is 5.79. The van der Waals surface area contributed by atoms with Gasteiger partial charge in [-0.2, -0.15) is 0 Å². The van der Waals surface area contributed by atoms with Gasteiger partial charge in [0.05, 0.1) is 11.6 Å². The normalized spacial score (nSPS) is 9.00. The van der Waals surface area contributed by atoms with Crippen LogP contribution >= 0.6 is 23.4 Å². The summed E-state index contributed by atoms with van der Waals surface area (Å²) in [6.07, 6.45) is 0. The first-order valence-corrected chi connectivity index (χ1v) is 3.62. The predicted molar refractivity (Wildman–Crippen MR) is 35.8 cm³/mol. The van der Waals surface area contributed by atoms with Crippen LogP contribution in [0.4, 0.5) is 0 Å². The van der Waals surface area contributed by atoms with Crippen LogP contribution in [0.3, 0.4) is 0 Å². The van der Waals surface area contributed by atoms with Crippen molar-refractivity contribution in [3.8, 4) is 0 Å². The van der Waals surface area contributed by atoms with Crippen LogP contribution in [0.15, 0.2) is 0 Å². The highest BCUT2D eigenvalue weighted by Gasteiger charge is 2.02. The van der Waals surface area contributed by atoms with Gasteiger partial charge in [0.2, 0.25) is 5.12 Å². The number of aliphatic carboxylic acids is 1. The molecule has 0 aromatic heterocycles. The van der Waals surface area contributed by atoms with Gasteiger partial charge in [-0.25, -0.2) is 0 Å². The Bertz CT molecular complexity index is 125. The van der Waals surface area contributed by atoms with E-state index in [2.05, 4.69) is 0 Å². The van der Waals surface area contributed by atoms with Crippen LogP contribution in [0.1, 0.15) is 0 Å². The number of rotatable bonds is 3. The van der Waals surface area contributed by atoms with Crippen LogP contribution in [0, 0.1) is 0 Å². The van der Waals surface area contributed by atoms with Crippen molar-refractivity contribution in [2.75, 3.05) is 11.6 Å². The molecule has 0 aromatic rings. The fourth-order valence-electron chi connectivity index (χ4n) is 0.181. The van der Waals surface area contributed by atoms with Gasteiger partial charge in [0, 0.05) is 0 Å². The lowest BCUT2D eigenvalue weighted by atomic mass is 10.8.